The van der Waals surface area contributed by atoms with E-state index in [1.54, 1.807) is 7.11 Å². The highest BCUT2D eigenvalue weighted by Crippen LogP contribution is 2.04. The molecule has 0 aromatic carbocycles. The Balaban J connectivity index is 3.81. The third-order valence-corrected chi connectivity index (χ3v) is 2.42. The largest absolute Gasteiger partial charge is 0.481 e. The zero-order chi connectivity index (χ0) is 10.4. The summed E-state index contributed by atoms with van der Waals surface area (Å²) >= 11 is 0. The van der Waals surface area contributed by atoms with Gasteiger partial charge in [-0.05, 0) is 20.9 Å². The highest BCUT2D eigenvalue weighted by atomic mass is 16.5. The van der Waals surface area contributed by atoms with Crippen LogP contribution in [0.3, 0.4) is 0 Å². The van der Waals surface area contributed by atoms with Gasteiger partial charge in [-0.15, -0.1) is 0 Å². The second-order valence-electron chi connectivity index (χ2n) is 3.31. The molecule has 0 heterocycles. The lowest BCUT2D eigenvalue weighted by molar-refractivity contribution is -0.137. The molecule has 2 unspecified atom stereocenters. The molecule has 0 fully saturated rings. The van der Waals surface area contributed by atoms with Crippen molar-refractivity contribution < 1.29 is 14.6 Å². The summed E-state index contributed by atoms with van der Waals surface area (Å²) in [5.74, 6) is -0.760. The summed E-state index contributed by atoms with van der Waals surface area (Å²) in [5.41, 5.74) is 0. The molecule has 0 aromatic rings. The standard InChI is InChI=1S/C9H19NO3/c1-7(8(2)13-4)10(3)6-5-9(11)12/h7-8H,5-6H2,1-4H3,(H,11,12). The SMILES string of the molecule is COC(C)C(C)N(C)CCC(=O)O. The first-order chi connectivity index (χ1) is 5.99. The average molecular weight is 189 g/mol. The fourth-order valence-electron chi connectivity index (χ4n) is 1.03. The summed E-state index contributed by atoms with van der Waals surface area (Å²) in [6.45, 7) is 4.56. The topological polar surface area (TPSA) is 49.8 Å². The number of aliphatic carboxylic acids is 1. The number of rotatable bonds is 6. The van der Waals surface area contributed by atoms with Crippen molar-refractivity contribution >= 4 is 5.97 Å². The molecule has 0 amide bonds. The third-order valence-electron chi connectivity index (χ3n) is 2.42. The maximum Gasteiger partial charge on any atom is 0.304 e. The van der Waals surface area contributed by atoms with Crippen LogP contribution in [0.2, 0.25) is 0 Å². The first kappa shape index (κ1) is 12.4. The average Bonchev–Trinajstić information content (AvgIpc) is 2.11. The minimum absolute atomic E-state index is 0.124. The van der Waals surface area contributed by atoms with Gasteiger partial charge in [0.25, 0.3) is 0 Å². The fraction of sp³-hybridized carbons (Fsp3) is 0.889. The third kappa shape index (κ3) is 4.85. The molecule has 0 saturated carbocycles. The summed E-state index contributed by atoms with van der Waals surface area (Å²) < 4.78 is 5.15. The van der Waals surface area contributed by atoms with E-state index in [1.807, 2.05) is 25.8 Å². The van der Waals surface area contributed by atoms with E-state index in [1.165, 1.54) is 0 Å². The molecule has 0 aliphatic carbocycles. The summed E-state index contributed by atoms with van der Waals surface area (Å²) in [7, 11) is 3.56. The van der Waals surface area contributed by atoms with Crippen molar-refractivity contribution in [3.63, 3.8) is 0 Å². The van der Waals surface area contributed by atoms with Crippen LogP contribution in [0, 0.1) is 0 Å². The van der Waals surface area contributed by atoms with E-state index in [0.717, 1.165) is 0 Å². The van der Waals surface area contributed by atoms with Crippen LogP contribution < -0.4 is 0 Å². The molecular weight excluding hydrogens is 170 g/mol. The van der Waals surface area contributed by atoms with Gasteiger partial charge in [-0.1, -0.05) is 0 Å². The first-order valence-electron chi connectivity index (χ1n) is 4.43. The summed E-state index contributed by atoms with van der Waals surface area (Å²) in [4.78, 5) is 12.3. The maximum absolute atomic E-state index is 10.3. The van der Waals surface area contributed by atoms with E-state index in [4.69, 9.17) is 9.84 Å². The smallest absolute Gasteiger partial charge is 0.304 e. The van der Waals surface area contributed by atoms with Gasteiger partial charge >= 0.3 is 5.97 Å². The molecule has 0 aromatic heterocycles. The van der Waals surface area contributed by atoms with Gasteiger partial charge in [0.15, 0.2) is 0 Å². The van der Waals surface area contributed by atoms with Crippen LogP contribution in [0.1, 0.15) is 20.3 Å². The molecule has 0 radical (unpaired) electrons. The van der Waals surface area contributed by atoms with E-state index in [2.05, 4.69) is 0 Å². The molecule has 13 heavy (non-hydrogen) atoms. The molecular formula is C9H19NO3. The van der Waals surface area contributed by atoms with Crippen LogP contribution in [-0.2, 0) is 9.53 Å². The number of hydrogen-bond acceptors (Lipinski definition) is 3. The van der Waals surface area contributed by atoms with Gasteiger partial charge < -0.3 is 14.7 Å². The second-order valence-corrected chi connectivity index (χ2v) is 3.31. The summed E-state index contributed by atoms with van der Waals surface area (Å²) in [6, 6.07) is 0.240. The monoisotopic (exact) mass is 189 g/mol. The Labute approximate surface area is 79.5 Å². The molecule has 0 aliphatic heterocycles. The lowest BCUT2D eigenvalue weighted by Gasteiger charge is -2.28. The number of carboxylic acid groups (broad SMARTS) is 1. The normalized spacial score (nSPS) is 15.8. The minimum atomic E-state index is -0.760. The van der Waals surface area contributed by atoms with Crippen molar-refractivity contribution in [2.45, 2.75) is 32.4 Å². The van der Waals surface area contributed by atoms with Gasteiger partial charge in [-0.25, -0.2) is 0 Å². The number of ether oxygens (including phenoxy) is 1. The quantitative estimate of drug-likeness (QED) is 0.672. The lowest BCUT2D eigenvalue weighted by atomic mass is 10.2. The van der Waals surface area contributed by atoms with Gasteiger partial charge in [-0.3, -0.25) is 4.79 Å². The number of likely N-dealkylation sites (N-methyl/N-ethyl adjacent to an activating group) is 1. The van der Waals surface area contributed by atoms with Gasteiger partial charge in [0.05, 0.1) is 12.5 Å². The van der Waals surface area contributed by atoms with E-state index < -0.39 is 5.97 Å². The van der Waals surface area contributed by atoms with Crippen molar-refractivity contribution in [3.05, 3.63) is 0 Å². The molecule has 0 spiro atoms. The fourth-order valence-corrected chi connectivity index (χ4v) is 1.03. The van der Waals surface area contributed by atoms with E-state index in [0.29, 0.717) is 6.54 Å². The molecule has 0 aliphatic rings. The van der Waals surface area contributed by atoms with Crippen LogP contribution >= 0.6 is 0 Å². The highest BCUT2D eigenvalue weighted by Gasteiger charge is 2.16. The van der Waals surface area contributed by atoms with E-state index in [9.17, 15) is 4.79 Å². The molecule has 2 atom stereocenters. The molecule has 78 valence electrons. The Hall–Kier alpha value is -0.610. The number of methoxy groups -OCH3 is 1. The predicted octanol–water partition coefficient (Wildman–Crippen LogP) is 0.816. The summed E-state index contributed by atoms with van der Waals surface area (Å²) in [5, 5.41) is 8.48. The van der Waals surface area contributed by atoms with Crippen LogP contribution in [-0.4, -0.2) is 48.8 Å². The molecule has 4 nitrogen and oxygen atoms in total. The van der Waals surface area contributed by atoms with Crippen LogP contribution in [0.5, 0.6) is 0 Å². The number of carboxylic acids is 1. The molecule has 4 heteroatoms. The van der Waals surface area contributed by atoms with Gasteiger partial charge in [-0.2, -0.15) is 0 Å². The van der Waals surface area contributed by atoms with Crippen molar-refractivity contribution in [1.29, 1.82) is 0 Å². The Morgan fingerprint density at radius 2 is 2.08 bits per heavy atom. The van der Waals surface area contributed by atoms with E-state index >= 15 is 0 Å². The van der Waals surface area contributed by atoms with Crippen LogP contribution in [0.15, 0.2) is 0 Å². The van der Waals surface area contributed by atoms with Gasteiger partial charge in [0.1, 0.15) is 0 Å². The van der Waals surface area contributed by atoms with Gasteiger partial charge in [0.2, 0.25) is 0 Å². The zero-order valence-electron chi connectivity index (χ0n) is 8.78. The number of carbonyl (C=O) groups is 1. The van der Waals surface area contributed by atoms with Crippen molar-refractivity contribution in [2.24, 2.45) is 0 Å². The van der Waals surface area contributed by atoms with Crippen molar-refractivity contribution in [3.8, 4) is 0 Å². The molecule has 0 saturated heterocycles. The Kier molecular flexibility index (Phi) is 5.66. The zero-order valence-corrected chi connectivity index (χ0v) is 8.78. The Morgan fingerprint density at radius 1 is 1.54 bits per heavy atom. The molecule has 0 rings (SSSR count). The Bertz CT molecular complexity index is 161. The molecule has 0 bridgehead atoms. The highest BCUT2D eigenvalue weighted by molar-refractivity contribution is 5.66. The molecule has 1 N–H and O–H groups in total. The van der Waals surface area contributed by atoms with Gasteiger partial charge in [0, 0.05) is 19.7 Å². The number of nitrogens with zero attached hydrogens (tertiary/aromatic N) is 1. The lowest BCUT2D eigenvalue weighted by Crippen LogP contribution is -2.39. The van der Waals surface area contributed by atoms with Crippen LogP contribution in [0.25, 0.3) is 0 Å². The van der Waals surface area contributed by atoms with Crippen LogP contribution in [0.4, 0.5) is 0 Å². The summed E-state index contributed by atoms with van der Waals surface area (Å²) in [6.07, 6.45) is 0.302. The van der Waals surface area contributed by atoms with Crippen molar-refractivity contribution in [1.82, 2.24) is 4.90 Å². The second kappa shape index (κ2) is 5.94. The van der Waals surface area contributed by atoms with Crippen molar-refractivity contribution in [2.75, 3.05) is 20.7 Å². The first-order valence-corrected chi connectivity index (χ1v) is 4.43. The number of hydrogen-bond donors (Lipinski definition) is 1. The maximum atomic E-state index is 10.3. The Morgan fingerprint density at radius 3 is 2.46 bits per heavy atom. The van der Waals surface area contributed by atoms with E-state index in [-0.39, 0.29) is 18.6 Å². The minimum Gasteiger partial charge on any atom is -0.481 e. The predicted molar refractivity (Wildman–Crippen MR) is 50.8 cm³/mol.